The van der Waals surface area contributed by atoms with E-state index in [0.29, 0.717) is 0 Å². The molecule has 0 nitrogen and oxygen atoms in total. The van der Waals surface area contributed by atoms with Crippen LogP contribution < -0.4 is 0 Å². The van der Waals surface area contributed by atoms with Gasteiger partial charge in [-0.15, -0.1) is 11.8 Å². The second-order valence-electron chi connectivity index (χ2n) is 4.03. The molecule has 77 valence electrons. The molecule has 13 heavy (non-hydrogen) atoms. The highest BCUT2D eigenvalue weighted by Crippen LogP contribution is 2.43. The summed E-state index contributed by atoms with van der Waals surface area (Å²) in [5.74, 6) is 1.29. The molecule has 1 radical (unpaired) electrons. The van der Waals surface area contributed by atoms with E-state index < -0.39 is 0 Å². The van der Waals surface area contributed by atoms with Gasteiger partial charge in [0.2, 0.25) is 0 Å². The lowest BCUT2D eigenvalue weighted by atomic mass is 10.00. The first-order chi connectivity index (χ1) is 6.27. The topological polar surface area (TPSA) is 0 Å². The summed E-state index contributed by atoms with van der Waals surface area (Å²) in [6.07, 6.45) is 10.8. The zero-order valence-corrected chi connectivity index (χ0v) is 10.3. The van der Waals surface area contributed by atoms with Crippen molar-refractivity contribution in [3.05, 3.63) is 0 Å². The minimum Gasteiger partial charge on any atom is -0.143 e. The molecule has 0 aromatic heterocycles. The Morgan fingerprint density at radius 3 is 2.46 bits per heavy atom. The Hall–Kier alpha value is 0.700. The Bertz CT molecular complexity index is 128. The summed E-state index contributed by atoms with van der Waals surface area (Å²) in [7, 11) is 0. The van der Waals surface area contributed by atoms with E-state index >= 15 is 0 Å². The van der Waals surface area contributed by atoms with Gasteiger partial charge in [0.1, 0.15) is 0 Å². The van der Waals surface area contributed by atoms with Crippen LogP contribution in [0.1, 0.15) is 58.3 Å². The summed E-state index contributed by atoms with van der Waals surface area (Å²) in [5.41, 5.74) is 0. The maximum atomic E-state index is 5.67. The molecule has 2 heteroatoms. The lowest BCUT2D eigenvalue weighted by Crippen LogP contribution is -2.20. The fourth-order valence-corrected chi connectivity index (χ4v) is 3.68. The van der Waals surface area contributed by atoms with Crippen LogP contribution >= 0.6 is 24.4 Å². The van der Waals surface area contributed by atoms with Crippen molar-refractivity contribution < 1.29 is 0 Å². The summed E-state index contributed by atoms with van der Waals surface area (Å²) in [6.45, 7) is 2.26. The van der Waals surface area contributed by atoms with E-state index in [0.717, 1.165) is 0 Å². The fraction of sp³-hybridized carbons (Fsp3) is 1.00. The van der Waals surface area contributed by atoms with Crippen molar-refractivity contribution in [2.75, 3.05) is 5.75 Å². The van der Waals surface area contributed by atoms with E-state index in [2.05, 4.69) is 18.7 Å². The standard InChI is InChI=1S/C11H21S2/c1-2-3-7-10-13-11(12)8-5-4-6-9-11/h2-10H2,1H3. The van der Waals surface area contributed by atoms with Crippen molar-refractivity contribution in [3.8, 4) is 0 Å². The van der Waals surface area contributed by atoms with Crippen LogP contribution in [0.5, 0.6) is 0 Å². The number of hydrogen-bond donors (Lipinski definition) is 0. The number of unbranched alkanes of at least 4 members (excludes halogenated alkanes) is 2. The largest absolute Gasteiger partial charge is 0.143 e. The Kier molecular flexibility index (Phi) is 5.65. The molecular formula is C11H21S2. The van der Waals surface area contributed by atoms with Crippen LogP contribution in [0.2, 0.25) is 0 Å². The molecule has 0 amide bonds. The molecule has 0 heterocycles. The maximum absolute atomic E-state index is 5.67. The van der Waals surface area contributed by atoms with Gasteiger partial charge in [0.05, 0.1) is 4.08 Å². The van der Waals surface area contributed by atoms with E-state index in [9.17, 15) is 0 Å². The third-order valence-electron chi connectivity index (χ3n) is 2.73. The molecule has 0 atom stereocenters. The van der Waals surface area contributed by atoms with Gasteiger partial charge in [-0.05, 0) is 25.0 Å². The lowest BCUT2D eigenvalue weighted by Gasteiger charge is -2.30. The maximum Gasteiger partial charge on any atom is 0.0714 e. The molecule has 1 aliphatic carbocycles. The molecule has 0 bridgehead atoms. The van der Waals surface area contributed by atoms with Gasteiger partial charge < -0.3 is 0 Å². The van der Waals surface area contributed by atoms with Crippen LogP contribution in [-0.4, -0.2) is 9.83 Å². The molecule has 0 aromatic rings. The monoisotopic (exact) mass is 217 g/mol. The van der Waals surface area contributed by atoms with E-state index in [-0.39, 0.29) is 4.08 Å². The van der Waals surface area contributed by atoms with Crippen molar-refractivity contribution in [1.82, 2.24) is 0 Å². The molecule has 1 saturated carbocycles. The first kappa shape index (κ1) is 11.8. The second-order valence-corrected chi connectivity index (χ2v) is 6.55. The minimum absolute atomic E-state index is 0.228. The molecule has 1 fully saturated rings. The van der Waals surface area contributed by atoms with Crippen molar-refractivity contribution in [2.24, 2.45) is 0 Å². The van der Waals surface area contributed by atoms with Crippen molar-refractivity contribution in [2.45, 2.75) is 62.4 Å². The van der Waals surface area contributed by atoms with Crippen molar-refractivity contribution in [3.63, 3.8) is 0 Å². The predicted molar refractivity (Wildman–Crippen MR) is 65.4 cm³/mol. The fourth-order valence-electron chi connectivity index (χ4n) is 1.85. The quantitative estimate of drug-likeness (QED) is 0.598. The highest BCUT2D eigenvalue weighted by molar-refractivity contribution is 8.11. The average molecular weight is 217 g/mol. The first-order valence-electron chi connectivity index (χ1n) is 5.61. The molecular weight excluding hydrogens is 196 g/mol. The summed E-state index contributed by atoms with van der Waals surface area (Å²) in [6, 6.07) is 0. The van der Waals surface area contributed by atoms with Gasteiger partial charge in [-0.3, -0.25) is 0 Å². The molecule has 0 saturated heterocycles. The third kappa shape index (κ3) is 4.64. The van der Waals surface area contributed by atoms with Gasteiger partial charge in [0, 0.05) is 0 Å². The Morgan fingerprint density at radius 2 is 1.85 bits per heavy atom. The molecule has 0 N–H and O–H groups in total. The average Bonchev–Trinajstić information content (AvgIpc) is 2.14. The predicted octanol–water partition coefficient (Wildman–Crippen LogP) is 4.77. The molecule has 0 aromatic carbocycles. The number of hydrogen-bond acceptors (Lipinski definition) is 1. The van der Waals surface area contributed by atoms with Crippen LogP contribution in [0.3, 0.4) is 0 Å². The van der Waals surface area contributed by atoms with Crippen LogP contribution in [0, 0.1) is 0 Å². The summed E-state index contributed by atoms with van der Waals surface area (Å²) >= 11 is 7.72. The van der Waals surface area contributed by atoms with Gasteiger partial charge >= 0.3 is 0 Å². The SMILES string of the molecule is CCCCCSC1([S])CCCCC1. The Balaban J connectivity index is 2.10. The Morgan fingerprint density at radius 1 is 1.15 bits per heavy atom. The zero-order valence-electron chi connectivity index (χ0n) is 8.68. The second kappa shape index (κ2) is 6.23. The Labute approximate surface area is 92.7 Å². The van der Waals surface area contributed by atoms with Crippen molar-refractivity contribution >= 4 is 24.4 Å². The van der Waals surface area contributed by atoms with Crippen LogP contribution in [0.15, 0.2) is 0 Å². The lowest BCUT2D eigenvalue weighted by molar-refractivity contribution is 0.492. The van der Waals surface area contributed by atoms with E-state index in [1.54, 1.807) is 0 Å². The molecule has 1 aliphatic rings. The van der Waals surface area contributed by atoms with Crippen LogP contribution in [0.25, 0.3) is 0 Å². The van der Waals surface area contributed by atoms with Gasteiger partial charge in [0.15, 0.2) is 0 Å². The molecule has 0 unspecified atom stereocenters. The van der Waals surface area contributed by atoms with E-state index in [4.69, 9.17) is 12.6 Å². The normalized spacial score (nSPS) is 21.7. The molecule has 1 rings (SSSR count). The molecule has 0 spiro atoms. The van der Waals surface area contributed by atoms with Gasteiger partial charge in [-0.2, -0.15) is 0 Å². The summed E-state index contributed by atoms with van der Waals surface area (Å²) in [4.78, 5) is 0. The van der Waals surface area contributed by atoms with Crippen LogP contribution in [-0.2, 0) is 0 Å². The highest BCUT2D eigenvalue weighted by Gasteiger charge is 2.28. The van der Waals surface area contributed by atoms with E-state index in [1.807, 2.05) is 0 Å². The van der Waals surface area contributed by atoms with Gasteiger partial charge in [-0.25, -0.2) is 0 Å². The summed E-state index contributed by atoms with van der Waals surface area (Å²) in [5, 5.41) is 0. The van der Waals surface area contributed by atoms with E-state index in [1.165, 1.54) is 57.1 Å². The third-order valence-corrected chi connectivity index (χ3v) is 4.92. The van der Waals surface area contributed by atoms with Gasteiger partial charge in [0.25, 0.3) is 0 Å². The highest BCUT2D eigenvalue weighted by atomic mass is 32.2. The van der Waals surface area contributed by atoms with Gasteiger partial charge in [-0.1, -0.05) is 51.7 Å². The zero-order chi connectivity index (χ0) is 9.57. The number of rotatable bonds is 5. The van der Waals surface area contributed by atoms with Crippen LogP contribution in [0.4, 0.5) is 0 Å². The smallest absolute Gasteiger partial charge is 0.0714 e. The molecule has 0 aliphatic heterocycles. The van der Waals surface area contributed by atoms with Crippen molar-refractivity contribution in [1.29, 1.82) is 0 Å². The first-order valence-corrected chi connectivity index (χ1v) is 7.00. The summed E-state index contributed by atoms with van der Waals surface area (Å²) < 4.78 is 0.228. The minimum atomic E-state index is 0.228. The number of thioether (sulfide) groups is 1.